The largest absolute Gasteiger partial charge is 0.321 e. The fourth-order valence-corrected chi connectivity index (χ4v) is 2.66. The van der Waals surface area contributed by atoms with Crippen molar-refractivity contribution >= 4 is 5.69 Å². The number of rotatable bonds is 2. The maximum absolute atomic E-state index is 11.1. The number of nitrogens with two attached hydrogens (primary N) is 1. The normalized spacial score (nSPS) is 18.9. The number of nitro benzene ring substituents is 1. The number of hydrogen-bond acceptors (Lipinski definition) is 3. The third-order valence-corrected chi connectivity index (χ3v) is 3.63. The van der Waals surface area contributed by atoms with Crippen LogP contribution in [0.1, 0.15) is 43.2 Å². The molecular formula is C13H18N2O2. The zero-order chi connectivity index (χ0) is 12.5. The van der Waals surface area contributed by atoms with Crippen molar-refractivity contribution in [2.75, 3.05) is 0 Å². The summed E-state index contributed by atoms with van der Waals surface area (Å²) in [5.74, 6) is 0. The van der Waals surface area contributed by atoms with Crippen molar-refractivity contribution in [2.24, 2.45) is 5.73 Å². The number of nitro groups is 1. The number of benzene rings is 1. The highest BCUT2D eigenvalue weighted by atomic mass is 16.6. The van der Waals surface area contributed by atoms with Crippen LogP contribution in [0, 0.1) is 17.0 Å². The van der Waals surface area contributed by atoms with Crippen LogP contribution >= 0.6 is 0 Å². The molecule has 0 heterocycles. The van der Waals surface area contributed by atoms with Gasteiger partial charge in [0.15, 0.2) is 0 Å². The van der Waals surface area contributed by atoms with Crippen LogP contribution in [0.3, 0.4) is 0 Å². The van der Waals surface area contributed by atoms with Crippen molar-refractivity contribution in [1.82, 2.24) is 0 Å². The molecule has 1 aromatic carbocycles. The van der Waals surface area contributed by atoms with Gasteiger partial charge in [0, 0.05) is 17.2 Å². The molecule has 2 N–H and O–H groups in total. The standard InChI is InChI=1S/C13H18N2O2/c1-10-5-6-12(15(16)17)11(9-10)13(14)7-3-2-4-8-13/h5-6,9H,2-4,7-8,14H2,1H3. The topological polar surface area (TPSA) is 69.2 Å². The van der Waals surface area contributed by atoms with E-state index in [4.69, 9.17) is 5.73 Å². The summed E-state index contributed by atoms with van der Waals surface area (Å²) < 4.78 is 0. The first-order chi connectivity index (χ1) is 8.03. The van der Waals surface area contributed by atoms with Gasteiger partial charge in [-0.05, 0) is 25.8 Å². The average Bonchev–Trinajstić information content (AvgIpc) is 2.29. The molecule has 1 saturated carbocycles. The smallest absolute Gasteiger partial charge is 0.274 e. The van der Waals surface area contributed by atoms with E-state index in [1.54, 1.807) is 12.1 Å². The Balaban J connectivity index is 2.48. The highest BCUT2D eigenvalue weighted by Gasteiger charge is 2.35. The second kappa shape index (κ2) is 4.45. The van der Waals surface area contributed by atoms with Gasteiger partial charge in [-0.2, -0.15) is 0 Å². The predicted octanol–water partition coefficient (Wildman–Crippen LogP) is 3.02. The molecule has 0 unspecified atom stereocenters. The van der Waals surface area contributed by atoms with E-state index >= 15 is 0 Å². The fourth-order valence-electron chi connectivity index (χ4n) is 2.66. The zero-order valence-electron chi connectivity index (χ0n) is 10.1. The minimum absolute atomic E-state index is 0.167. The molecule has 1 aliphatic rings. The molecule has 1 fully saturated rings. The second-order valence-corrected chi connectivity index (χ2v) is 4.99. The molecular weight excluding hydrogens is 216 g/mol. The molecule has 0 spiro atoms. The Morgan fingerprint density at radius 2 is 1.94 bits per heavy atom. The van der Waals surface area contributed by atoms with Gasteiger partial charge in [0.1, 0.15) is 0 Å². The summed E-state index contributed by atoms with van der Waals surface area (Å²) >= 11 is 0. The lowest BCUT2D eigenvalue weighted by molar-refractivity contribution is -0.386. The first-order valence-electron chi connectivity index (χ1n) is 6.07. The van der Waals surface area contributed by atoms with Gasteiger partial charge < -0.3 is 5.73 Å². The van der Waals surface area contributed by atoms with Crippen molar-refractivity contribution in [1.29, 1.82) is 0 Å². The Hall–Kier alpha value is -1.42. The molecule has 0 amide bonds. The molecule has 0 radical (unpaired) electrons. The Kier molecular flexibility index (Phi) is 3.15. The Morgan fingerprint density at radius 3 is 2.53 bits per heavy atom. The lowest BCUT2D eigenvalue weighted by Gasteiger charge is -2.33. The number of aryl methyl sites for hydroxylation is 1. The van der Waals surface area contributed by atoms with Crippen molar-refractivity contribution in [3.63, 3.8) is 0 Å². The number of hydrogen-bond donors (Lipinski definition) is 1. The van der Waals surface area contributed by atoms with Gasteiger partial charge >= 0.3 is 0 Å². The fraction of sp³-hybridized carbons (Fsp3) is 0.538. The first-order valence-corrected chi connectivity index (χ1v) is 6.07. The van der Waals surface area contributed by atoms with E-state index in [2.05, 4.69) is 0 Å². The molecule has 0 saturated heterocycles. The van der Waals surface area contributed by atoms with Gasteiger partial charge in [-0.15, -0.1) is 0 Å². The lowest BCUT2D eigenvalue weighted by atomic mass is 9.76. The molecule has 92 valence electrons. The summed E-state index contributed by atoms with van der Waals surface area (Å²) in [6.45, 7) is 1.94. The quantitative estimate of drug-likeness (QED) is 0.631. The molecule has 0 bridgehead atoms. The Morgan fingerprint density at radius 1 is 1.29 bits per heavy atom. The van der Waals surface area contributed by atoms with E-state index in [1.165, 1.54) is 6.42 Å². The van der Waals surface area contributed by atoms with E-state index in [0.29, 0.717) is 5.56 Å². The monoisotopic (exact) mass is 234 g/mol. The van der Waals surface area contributed by atoms with Crippen LogP contribution in [0.15, 0.2) is 18.2 Å². The van der Waals surface area contributed by atoms with Crippen molar-refractivity contribution in [3.8, 4) is 0 Å². The highest BCUT2D eigenvalue weighted by molar-refractivity contribution is 5.47. The summed E-state index contributed by atoms with van der Waals surface area (Å²) in [6, 6.07) is 5.23. The average molecular weight is 234 g/mol. The molecule has 2 rings (SSSR count). The minimum atomic E-state index is -0.507. The van der Waals surface area contributed by atoms with E-state index in [9.17, 15) is 10.1 Å². The Labute approximate surface area is 101 Å². The van der Waals surface area contributed by atoms with Crippen molar-refractivity contribution in [2.45, 2.75) is 44.6 Å². The van der Waals surface area contributed by atoms with Gasteiger partial charge in [-0.25, -0.2) is 0 Å². The SMILES string of the molecule is Cc1ccc([N+](=O)[O-])c(C2(N)CCCCC2)c1. The van der Waals surface area contributed by atoms with Crippen LogP contribution in [0.25, 0.3) is 0 Å². The van der Waals surface area contributed by atoms with Crippen LogP contribution in [0.2, 0.25) is 0 Å². The molecule has 17 heavy (non-hydrogen) atoms. The first kappa shape index (κ1) is 12.0. The van der Waals surface area contributed by atoms with Gasteiger partial charge in [-0.3, -0.25) is 10.1 Å². The van der Waals surface area contributed by atoms with Crippen LogP contribution < -0.4 is 5.73 Å². The maximum atomic E-state index is 11.1. The third-order valence-electron chi connectivity index (χ3n) is 3.63. The summed E-state index contributed by atoms with van der Waals surface area (Å²) in [4.78, 5) is 10.7. The van der Waals surface area contributed by atoms with E-state index < -0.39 is 5.54 Å². The molecule has 1 aliphatic carbocycles. The van der Waals surface area contributed by atoms with E-state index in [-0.39, 0.29) is 10.6 Å². The number of nitrogens with zero attached hydrogens (tertiary/aromatic N) is 1. The van der Waals surface area contributed by atoms with Crippen LogP contribution in [-0.2, 0) is 5.54 Å². The summed E-state index contributed by atoms with van der Waals surface area (Å²) in [7, 11) is 0. The van der Waals surface area contributed by atoms with Crippen molar-refractivity contribution in [3.05, 3.63) is 39.4 Å². The van der Waals surface area contributed by atoms with E-state index in [0.717, 1.165) is 31.2 Å². The molecule has 4 heteroatoms. The molecule has 0 aliphatic heterocycles. The summed E-state index contributed by atoms with van der Waals surface area (Å²) in [6.07, 6.45) is 4.98. The molecule has 0 atom stereocenters. The van der Waals surface area contributed by atoms with Crippen LogP contribution in [-0.4, -0.2) is 4.92 Å². The predicted molar refractivity (Wildman–Crippen MR) is 66.8 cm³/mol. The van der Waals surface area contributed by atoms with Gasteiger partial charge in [0.05, 0.1) is 4.92 Å². The molecule has 4 nitrogen and oxygen atoms in total. The molecule has 1 aromatic rings. The van der Waals surface area contributed by atoms with Crippen molar-refractivity contribution < 1.29 is 4.92 Å². The minimum Gasteiger partial charge on any atom is -0.321 e. The Bertz CT molecular complexity index is 437. The second-order valence-electron chi connectivity index (χ2n) is 4.99. The van der Waals surface area contributed by atoms with Gasteiger partial charge in [0.25, 0.3) is 5.69 Å². The third kappa shape index (κ3) is 2.31. The summed E-state index contributed by atoms with van der Waals surface area (Å²) in [5, 5.41) is 11.1. The zero-order valence-corrected chi connectivity index (χ0v) is 10.1. The lowest BCUT2D eigenvalue weighted by Crippen LogP contribution is -2.39. The van der Waals surface area contributed by atoms with Gasteiger partial charge in [-0.1, -0.05) is 30.9 Å². The van der Waals surface area contributed by atoms with Gasteiger partial charge in [0.2, 0.25) is 0 Å². The molecule has 0 aromatic heterocycles. The maximum Gasteiger partial charge on any atom is 0.274 e. The van der Waals surface area contributed by atoms with E-state index in [1.807, 2.05) is 13.0 Å². The van der Waals surface area contributed by atoms with Crippen LogP contribution in [0.4, 0.5) is 5.69 Å². The summed E-state index contributed by atoms with van der Waals surface area (Å²) in [5.41, 5.74) is 7.78. The van der Waals surface area contributed by atoms with Crippen LogP contribution in [0.5, 0.6) is 0 Å². The highest BCUT2D eigenvalue weighted by Crippen LogP contribution is 2.39.